The quantitative estimate of drug-likeness (QED) is 0.775. The third-order valence-corrected chi connectivity index (χ3v) is 0.354. The fraction of sp³-hybridized carbons (Fsp3) is 1.00. The molecule has 0 spiro atoms. The van der Waals surface area contributed by atoms with Gasteiger partial charge in [0.15, 0.2) is 0 Å². The topological polar surface area (TPSA) is 45.5 Å². The summed E-state index contributed by atoms with van der Waals surface area (Å²) in [6, 6.07) is 0. The van der Waals surface area contributed by atoms with Crippen molar-refractivity contribution in [3.8, 4) is 0 Å². The van der Waals surface area contributed by atoms with Gasteiger partial charge in [-0.3, -0.25) is 0 Å². The van der Waals surface area contributed by atoms with E-state index in [-0.39, 0.29) is 34.6 Å². The molecule has 48 valence electrons. The summed E-state index contributed by atoms with van der Waals surface area (Å²) in [6.07, 6.45) is 0. The summed E-state index contributed by atoms with van der Waals surface area (Å²) in [5, 5.41) is 2.93. The van der Waals surface area contributed by atoms with Crippen molar-refractivity contribution in [1.29, 1.82) is 0 Å². The zero-order valence-corrected chi connectivity index (χ0v) is 7.13. The Morgan fingerprint density at radius 2 is 1.57 bits per heavy atom. The Morgan fingerprint density at radius 1 is 1.43 bits per heavy atom. The summed E-state index contributed by atoms with van der Waals surface area (Å²) in [5.74, 6) is 0. The van der Waals surface area contributed by atoms with Crippen LogP contribution in [0.15, 0.2) is 0 Å². The minimum absolute atomic E-state index is 0. The van der Waals surface area contributed by atoms with E-state index in [4.69, 9.17) is 0 Å². The molecule has 0 heterocycles. The zero-order valence-electron chi connectivity index (χ0n) is 4.19. The van der Waals surface area contributed by atoms with Crippen molar-refractivity contribution in [2.24, 2.45) is 0 Å². The van der Waals surface area contributed by atoms with E-state index in [9.17, 15) is 0 Å². The van der Waals surface area contributed by atoms with Crippen molar-refractivity contribution >= 4 is 0 Å². The third-order valence-electron chi connectivity index (χ3n) is 0.354. The Hall–Kier alpha value is 0.608. The fourth-order valence-electron chi connectivity index (χ4n) is 0. The predicted molar refractivity (Wildman–Crippen MR) is 31.6 cm³/mol. The molecular formula is C4H15N2W-. The van der Waals surface area contributed by atoms with Gasteiger partial charge in [-0.05, 0) is 13.6 Å². The average Bonchev–Trinajstić information content (AvgIpc) is 1.37. The largest absolute Gasteiger partial charge is 0.693 e. The number of nitrogens with two attached hydrogens (primary N) is 1. The molecule has 0 amide bonds. The number of nitrogens with one attached hydrogen (secondary N) is 1. The number of hydrogen-bond donors (Lipinski definition) is 1. The molecule has 3 heteroatoms. The molecule has 0 aliphatic carbocycles. The summed E-state index contributed by atoms with van der Waals surface area (Å²) in [6.45, 7) is 3.14. The summed E-state index contributed by atoms with van der Waals surface area (Å²) in [5.41, 5.74) is 0. The maximum absolute atomic E-state index is 2.93. The van der Waals surface area contributed by atoms with Crippen LogP contribution < -0.4 is 5.32 Å². The molecule has 0 saturated heterocycles. The standard InChI is InChI=1S/C3H9N.CH4.H2N.W/c1-3-4-2;;;/h4H,3H2,1-2H3;1H4;1H2;/q;;-1;. The molecular weight excluding hydrogens is 260 g/mol. The van der Waals surface area contributed by atoms with Crippen LogP contribution in [0.5, 0.6) is 0 Å². The molecule has 0 aromatic heterocycles. The van der Waals surface area contributed by atoms with Crippen molar-refractivity contribution < 1.29 is 21.1 Å². The molecule has 2 nitrogen and oxygen atoms in total. The van der Waals surface area contributed by atoms with Gasteiger partial charge >= 0.3 is 0 Å². The van der Waals surface area contributed by atoms with Crippen molar-refractivity contribution in [3.05, 3.63) is 6.15 Å². The molecule has 0 atom stereocenters. The number of rotatable bonds is 1. The first kappa shape index (κ1) is 25.5. The average molecular weight is 275 g/mol. The molecule has 0 aromatic rings. The van der Waals surface area contributed by atoms with E-state index in [0.717, 1.165) is 6.54 Å². The van der Waals surface area contributed by atoms with Crippen LogP contribution in [0.4, 0.5) is 0 Å². The summed E-state index contributed by atoms with van der Waals surface area (Å²) in [7, 11) is 1.93. The van der Waals surface area contributed by atoms with Crippen LogP contribution in [0.3, 0.4) is 0 Å². The van der Waals surface area contributed by atoms with Crippen LogP contribution in [0.25, 0.3) is 6.15 Å². The van der Waals surface area contributed by atoms with E-state index in [1.807, 2.05) is 7.05 Å². The van der Waals surface area contributed by atoms with Crippen molar-refractivity contribution in [3.63, 3.8) is 0 Å². The van der Waals surface area contributed by atoms with Gasteiger partial charge < -0.3 is 11.5 Å². The Morgan fingerprint density at radius 3 is 1.57 bits per heavy atom. The summed E-state index contributed by atoms with van der Waals surface area (Å²) >= 11 is 0. The minimum atomic E-state index is 0. The van der Waals surface area contributed by atoms with Gasteiger partial charge in [0.05, 0.1) is 0 Å². The molecule has 0 unspecified atom stereocenters. The molecule has 0 aliphatic heterocycles. The van der Waals surface area contributed by atoms with Gasteiger partial charge in [0.25, 0.3) is 0 Å². The molecule has 0 radical (unpaired) electrons. The van der Waals surface area contributed by atoms with E-state index in [1.54, 1.807) is 0 Å². The Bertz CT molecular complexity index is 11.7. The van der Waals surface area contributed by atoms with Gasteiger partial charge in [0, 0.05) is 21.1 Å². The third kappa shape index (κ3) is 54.3. The first-order valence-corrected chi connectivity index (χ1v) is 1.56. The Kier molecular flexibility index (Phi) is 111. The SMILES string of the molecule is C.CCNC.[NH2-].[W]. The van der Waals surface area contributed by atoms with Gasteiger partial charge in [-0.1, -0.05) is 14.4 Å². The Balaban J connectivity index is -0.0000000150. The summed E-state index contributed by atoms with van der Waals surface area (Å²) < 4.78 is 0. The minimum Gasteiger partial charge on any atom is -0.693 e. The smallest absolute Gasteiger partial charge is 0 e. The van der Waals surface area contributed by atoms with Crippen molar-refractivity contribution in [1.82, 2.24) is 5.32 Å². The van der Waals surface area contributed by atoms with Crippen LogP contribution in [-0.2, 0) is 21.1 Å². The van der Waals surface area contributed by atoms with Gasteiger partial charge in [-0.2, -0.15) is 0 Å². The maximum Gasteiger partial charge on any atom is 0 e. The first-order chi connectivity index (χ1) is 1.91. The van der Waals surface area contributed by atoms with Crippen LogP contribution in [0, 0.1) is 0 Å². The second kappa shape index (κ2) is 30.6. The molecule has 3 N–H and O–H groups in total. The van der Waals surface area contributed by atoms with Crippen LogP contribution >= 0.6 is 0 Å². The van der Waals surface area contributed by atoms with E-state index < -0.39 is 0 Å². The summed E-state index contributed by atoms with van der Waals surface area (Å²) in [4.78, 5) is 0. The number of hydrogen-bond acceptors (Lipinski definition) is 1. The van der Waals surface area contributed by atoms with Crippen LogP contribution in [0.2, 0.25) is 0 Å². The van der Waals surface area contributed by atoms with E-state index in [1.165, 1.54) is 0 Å². The Labute approximate surface area is 60.9 Å². The van der Waals surface area contributed by atoms with Crippen LogP contribution in [0.1, 0.15) is 14.4 Å². The van der Waals surface area contributed by atoms with Crippen molar-refractivity contribution in [2.75, 3.05) is 13.6 Å². The zero-order chi connectivity index (χ0) is 3.41. The van der Waals surface area contributed by atoms with Gasteiger partial charge in [-0.25, -0.2) is 0 Å². The second-order valence-corrected chi connectivity index (χ2v) is 0.707. The first-order valence-electron chi connectivity index (χ1n) is 1.56. The van der Waals surface area contributed by atoms with E-state index in [0.29, 0.717) is 0 Å². The van der Waals surface area contributed by atoms with Crippen molar-refractivity contribution in [2.45, 2.75) is 14.4 Å². The fourth-order valence-corrected chi connectivity index (χ4v) is 0. The monoisotopic (exact) mass is 275 g/mol. The predicted octanol–water partition coefficient (Wildman–Crippen LogP) is 1.58. The second-order valence-electron chi connectivity index (χ2n) is 0.707. The molecule has 0 bridgehead atoms. The molecule has 0 saturated carbocycles. The molecule has 0 fully saturated rings. The normalized spacial score (nSPS) is 4.29. The van der Waals surface area contributed by atoms with Gasteiger partial charge in [-0.15, -0.1) is 0 Å². The molecule has 0 aromatic carbocycles. The molecule has 0 aliphatic rings. The van der Waals surface area contributed by atoms with E-state index >= 15 is 0 Å². The molecule has 0 rings (SSSR count). The van der Waals surface area contributed by atoms with Gasteiger partial charge in [0.2, 0.25) is 0 Å². The van der Waals surface area contributed by atoms with Crippen LogP contribution in [-0.4, -0.2) is 13.6 Å². The molecule has 7 heavy (non-hydrogen) atoms. The van der Waals surface area contributed by atoms with Gasteiger partial charge in [0.1, 0.15) is 0 Å². The van der Waals surface area contributed by atoms with E-state index in [2.05, 4.69) is 12.2 Å². The maximum atomic E-state index is 2.93.